The minimum absolute atomic E-state index is 0. The monoisotopic (exact) mass is 2060 g/mol. The Labute approximate surface area is 824 Å². The van der Waals surface area contributed by atoms with E-state index >= 15 is 0 Å². The maximum Gasteiger partial charge on any atom is 1.00 e. The van der Waals surface area contributed by atoms with Crippen LogP contribution in [0.5, 0.6) is 0 Å². The van der Waals surface area contributed by atoms with E-state index in [2.05, 4.69) is 237 Å². The number of thiol groups is 1. The number of para-hydroxylation sites is 19. The Morgan fingerprint density at radius 3 is 1.40 bits per heavy atom. The third-order valence-electron chi connectivity index (χ3n) is 20.4. The fourth-order valence-corrected chi connectivity index (χ4v) is 16.1. The average molecular weight is 2060 g/mol. The van der Waals surface area contributed by atoms with Crippen molar-refractivity contribution in [1.82, 2.24) is 81.0 Å². The van der Waals surface area contributed by atoms with Gasteiger partial charge in [0.2, 0.25) is 17.3 Å². The van der Waals surface area contributed by atoms with Crippen LogP contribution in [0.3, 0.4) is 0 Å². The second kappa shape index (κ2) is 44.3. The van der Waals surface area contributed by atoms with Crippen LogP contribution < -0.4 is 35.3 Å². The molecule has 0 atom stereocenters. The Hall–Kier alpha value is -14.4. The topological polar surface area (TPSA) is 291 Å². The number of aldehydes is 1. The summed E-state index contributed by atoms with van der Waals surface area (Å²) in [5.74, 6) is 2.62. The standard InChI is InChI=1S/C20H12N4.C16H10N4.C14H8BrN3.C14H10N4.C14H9N3.C7H4FN.C7H6N2.C6H4I2.C2H3ClO.CH4.BHNS.Na.H/c1-4-10-16-13(7-1)19-21-14-8-2-6-12-18(14)24(19)20-22-15-9-3-5-11-17(15)23(16)20;1-3-7-13-11(5-1)15-17-9-10-19(15)16-18-12-6-2-4-8-14(12)20(13)16;15-14-17-11-6-2-4-8-13(11)18(14)12-7-3-1-5-10(12)9-16;15-13-9-5-1-3-7-11(9)18-12-8-4-2-6-10(12)16-14(18)17-13;15-9-11-5-1-3-7-13(11)17-10-16-12-6-2-4-8-14(12)17;8-7-4-2-1-3-6(7)5-9;1-2-4-7-6(3-1)8-5-9-7;7-5-3-1-2-4-6(5)8;3-1-2-4;;1-2-3;;/h1-12H;1-10H;1-8H;1-8H,(H2,15,16,17);1-8,10H;1-4H;1-5H,(H,8,9);1-4H;2H,1H2;1H4;3H;;/q;;;;;;;;;;;+1;-1. The first-order valence-corrected chi connectivity index (χ1v) is 43.8. The van der Waals surface area contributed by atoms with Gasteiger partial charge in [0.1, 0.15) is 53.8 Å². The van der Waals surface area contributed by atoms with E-state index in [4.69, 9.17) is 47.6 Å². The molecule has 31 heteroatoms. The Kier molecular flexibility index (Phi) is 31.4. The zero-order valence-corrected chi connectivity index (χ0v) is 78.8. The Morgan fingerprint density at radius 2 is 0.856 bits per heavy atom. The number of nitrogens with two attached hydrogens (primary N) is 1. The predicted octanol–water partition coefficient (Wildman–Crippen LogP) is 21.4. The van der Waals surface area contributed by atoms with Gasteiger partial charge in [0, 0.05) is 35.7 Å². The summed E-state index contributed by atoms with van der Waals surface area (Å²) < 4.78 is 33.0. The van der Waals surface area contributed by atoms with Crippen LogP contribution in [0.1, 0.15) is 25.5 Å². The van der Waals surface area contributed by atoms with Crippen molar-refractivity contribution in [2.45, 2.75) is 7.43 Å². The van der Waals surface area contributed by atoms with E-state index in [1.54, 1.807) is 36.9 Å². The molecule has 1 radical (unpaired) electrons. The number of aromatic amines is 1. The second-order valence-corrected chi connectivity index (χ2v) is 31.6. The zero-order valence-electron chi connectivity index (χ0n) is 70.3. The molecule has 0 fully saturated rings. The van der Waals surface area contributed by atoms with Gasteiger partial charge in [-0.25, -0.2) is 44.3 Å². The number of carbonyl (C=O) groups is 1. The molecule has 637 valence electrons. The van der Waals surface area contributed by atoms with Gasteiger partial charge in [-0.15, -0.1) is 11.6 Å². The number of benzene rings is 14. The van der Waals surface area contributed by atoms with E-state index in [1.807, 2.05) is 249 Å². The van der Waals surface area contributed by atoms with Crippen molar-refractivity contribution < 1.29 is 40.2 Å². The number of H-pyrrole nitrogens is 1. The first-order valence-electron chi connectivity index (χ1n) is 39.9. The number of nitrogens with zero attached hydrogens (tertiary/aromatic N) is 20. The number of fused-ring (bicyclic) bond motifs is 26. The summed E-state index contributed by atoms with van der Waals surface area (Å²) >= 11 is 16.1. The second-order valence-electron chi connectivity index (χ2n) is 28.1. The van der Waals surface area contributed by atoms with Gasteiger partial charge in [0.25, 0.3) is 0 Å². The summed E-state index contributed by atoms with van der Waals surface area (Å²) in [7, 11) is 4.34. The first-order chi connectivity index (χ1) is 63.8. The molecule has 11 aromatic heterocycles. The van der Waals surface area contributed by atoms with E-state index < -0.39 is 5.82 Å². The number of anilines is 1. The smallest absolute Gasteiger partial charge is 1.00 e. The van der Waals surface area contributed by atoms with Gasteiger partial charge >= 0.3 is 54.3 Å². The number of nitrogen functional groups attached to an aromatic ring is 1. The molecular weight excluding hydrogens is 1990 g/mol. The molecule has 0 saturated heterocycles. The average Bonchev–Trinajstić information content (AvgIpc) is 1.57. The van der Waals surface area contributed by atoms with E-state index in [-0.39, 0.29) is 49.9 Å². The molecule has 0 saturated carbocycles. The molecule has 23 nitrogen and oxygen atoms in total. The van der Waals surface area contributed by atoms with Crippen molar-refractivity contribution in [2.24, 2.45) is 4.30 Å². The first kappa shape index (κ1) is 93.7. The molecule has 0 aliphatic heterocycles. The molecule has 0 amide bonds. The van der Waals surface area contributed by atoms with Crippen LogP contribution in [0.25, 0.3) is 150 Å². The Bertz CT molecular complexity index is 8550. The SMILES string of the molecule is C.Ic1ccccc1I.N#Cc1ccccc1-n1c(Br)nc2ccccc21.N#Cc1ccccc1-n1cnc2ccccc21.N#Cc1ccccc1F.Nc1nc2nc3ccccc3n2c2ccccc12.O=CCCl.[B]=NS.[H-].[Na+].c1ccc2[nH]cnc2c1.c1ccc2c(c1)nc1n2c2ccccc2c2nc3ccccc3n21.c1ccc2c(c1)nc1n3ccnc3c3ccccc3n21. The molecule has 132 heavy (non-hydrogen) atoms. The fourth-order valence-electron chi connectivity index (χ4n) is 14.8. The third kappa shape index (κ3) is 20.0. The number of halogens is 5. The maximum absolute atomic E-state index is 12.4. The van der Waals surface area contributed by atoms with Crippen LogP contribution >= 0.6 is 85.5 Å². The number of carbonyl (C=O) groups excluding carboxylic acids is 1. The van der Waals surface area contributed by atoms with Gasteiger partial charge in [-0.05, 0) is 231 Å². The van der Waals surface area contributed by atoms with Gasteiger partial charge in [0.15, 0.2) is 4.73 Å². The largest absolute Gasteiger partial charge is 1.00 e. The van der Waals surface area contributed by atoms with Crippen LogP contribution in [0.4, 0.5) is 10.2 Å². The molecule has 0 spiro atoms. The summed E-state index contributed by atoms with van der Waals surface area (Å²) in [5.41, 5.74) is 28.5. The molecule has 0 aliphatic carbocycles. The summed E-state index contributed by atoms with van der Waals surface area (Å²) in [6, 6.07) is 116. The normalized spacial score (nSPS) is 10.5. The summed E-state index contributed by atoms with van der Waals surface area (Å²) in [6.07, 6.45) is 7.87. The number of aromatic nitrogens is 17. The van der Waals surface area contributed by atoms with Crippen molar-refractivity contribution in [2.75, 3.05) is 11.6 Å². The van der Waals surface area contributed by atoms with Crippen molar-refractivity contribution >= 4 is 244 Å². The Morgan fingerprint density at radius 1 is 0.455 bits per heavy atom. The van der Waals surface area contributed by atoms with Crippen LogP contribution in [-0.2, 0) is 4.79 Å². The van der Waals surface area contributed by atoms with Crippen molar-refractivity contribution in [1.29, 1.82) is 15.8 Å². The summed E-state index contributed by atoms with van der Waals surface area (Å²) in [5, 5.41) is 29.7. The number of alkyl halides is 1. The molecular formula is C101H72BBrClFI2N22NaOS. The molecule has 0 bridgehead atoms. The summed E-state index contributed by atoms with van der Waals surface area (Å²) in [4.78, 5) is 52.7. The van der Waals surface area contributed by atoms with Gasteiger partial charge in [-0.1, -0.05) is 177 Å². The van der Waals surface area contributed by atoms with Gasteiger partial charge in [-0.2, -0.15) is 20.8 Å². The number of nitriles is 3. The molecule has 11 heterocycles. The van der Waals surface area contributed by atoms with Crippen molar-refractivity contribution in [3.63, 3.8) is 0 Å². The van der Waals surface area contributed by atoms with Crippen LogP contribution in [-0.4, -0.2) is 101 Å². The van der Waals surface area contributed by atoms with Crippen LogP contribution in [0, 0.1) is 47.0 Å². The van der Waals surface area contributed by atoms with Gasteiger partial charge in [0.05, 0.1) is 134 Å². The minimum Gasteiger partial charge on any atom is -1.00 e. The van der Waals surface area contributed by atoms with Crippen LogP contribution in [0.2, 0.25) is 0 Å². The van der Waals surface area contributed by atoms with Gasteiger partial charge < -0.3 is 16.9 Å². The predicted molar refractivity (Wildman–Crippen MR) is 548 cm³/mol. The Balaban J connectivity index is 0.000000130. The molecule has 25 aromatic rings. The van der Waals surface area contributed by atoms with Gasteiger partial charge in [-0.3, -0.25) is 31.1 Å². The number of hydrogen-bond acceptors (Lipinski definition) is 16. The van der Waals surface area contributed by atoms with E-state index in [0.29, 0.717) is 33.7 Å². The molecule has 3 N–H and O–H groups in total. The molecule has 25 rings (SSSR count). The van der Waals surface area contributed by atoms with E-state index in [1.165, 1.54) is 19.3 Å². The fraction of sp³-hybridized carbons (Fsp3) is 0.0198. The number of nitrogens with one attached hydrogen (secondary N) is 1. The molecule has 0 aliphatic rings. The maximum atomic E-state index is 12.4. The zero-order chi connectivity index (χ0) is 90.0. The van der Waals surface area contributed by atoms with Crippen LogP contribution in [0.15, 0.2) is 374 Å². The van der Waals surface area contributed by atoms with Crippen molar-refractivity contribution in [3.05, 3.63) is 399 Å². The molecule has 14 aromatic carbocycles. The number of hydrogen-bond donors (Lipinski definition) is 3. The van der Waals surface area contributed by atoms with E-state index in [9.17, 15) is 9.65 Å². The van der Waals surface area contributed by atoms with Crippen molar-refractivity contribution in [3.8, 4) is 29.6 Å². The third-order valence-corrected chi connectivity index (χ3v) is 24.0. The quantitative estimate of drug-likeness (QED) is 0.0487. The minimum atomic E-state index is -0.458. The number of rotatable bonds is 3. The number of imidazole rings is 8. The van der Waals surface area contributed by atoms with E-state index in [0.717, 1.165) is 144 Å². The molecule has 0 unspecified atom stereocenters. The summed E-state index contributed by atoms with van der Waals surface area (Å²) in [6.45, 7) is 0.